The van der Waals surface area contributed by atoms with Gasteiger partial charge in [-0.3, -0.25) is 14.4 Å². The molecule has 1 aromatic carbocycles. The SMILES string of the molecule is CSc1ccc(C[C@]2(CCC(=O)N3CCNC(=O)C3)CCC(=O)N2)cc1. The molecule has 0 bridgehead atoms. The highest BCUT2D eigenvalue weighted by molar-refractivity contribution is 7.98. The fourth-order valence-corrected chi connectivity index (χ4v) is 4.08. The zero-order valence-corrected chi connectivity index (χ0v) is 15.9. The van der Waals surface area contributed by atoms with Gasteiger partial charge in [-0.1, -0.05) is 12.1 Å². The van der Waals surface area contributed by atoms with Crippen molar-refractivity contribution in [3.8, 4) is 0 Å². The molecule has 2 aliphatic heterocycles. The quantitative estimate of drug-likeness (QED) is 0.736. The summed E-state index contributed by atoms with van der Waals surface area (Å²) in [5.74, 6) is -0.0731. The minimum absolute atomic E-state index is 0.0156. The first-order valence-electron chi connectivity index (χ1n) is 8.98. The Balaban J connectivity index is 1.64. The van der Waals surface area contributed by atoms with Crippen LogP contribution < -0.4 is 10.6 Å². The first kappa shape index (κ1) is 18.8. The van der Waals surface area contributed by atoms with E-state index < -0.39 is 0 Å². The summed E-state index contributed by atoms with van der Waals surface area (Å²) in [5, 5.41) is 5.85. The molecule has 3 rings (SSSR count). The number of hydrogen-bond acceptors (Lipinski definition) is 4. The van der Waals surface area contributed by atoms with Crippen molar-refractivity contribution in [2.24, 2.45) is 0 Å². The molecule has 0 saturated carbocycles. The first-order chi connectivity index (χ1) is 12.5. The summed E-state index contributed by atoms with van der Waals surface area (Å²) in [6.07, 6.45) is 4.95. The zero-order chi connectivity index (χ0) is 18.6. The van der Waals surface area contributed by atoms with Gasteiger partial charge in [-0.2, -0.15) is 0 Å². The number of rotatable bonds is 6. The van der Waals surface area contributed by atoms with Crippen molar-refractivity contribution in [3.63, 3.8) is 0 Å². The number of benzene rings is 1. The van der Waals surface area contributed by atoms with Gasteiger partial charge in [-0.15, -0.1) is 11.8 Å². The third kappa shape index (κ3) is 4.58. The summed E-state index contributed by atoms with van der Waals surface area (Å²) in [5.41, 5.74) is 0.792. The highest BCUT2D eigenvalue weighted by atomic mass is 32.2. The summed E-state index contributed by atoms with van der Waals surface area (Å²) in [4.78, 5) is 38.7. The molecular weight excluding hydrogens is 350 g/mol. The van der Waals surface area contributed by atoms with Crippen LogP contribution in [0.15, 0.2) is 29.2 Å². The van der Waals surface area contributed by atoms with Gasteiger partial charge < -0.3 is 15.5 Å². The first-order valence-corrected chi connectivity index (χ1v) is 10.2. The van der Waals surface area contributed by atoms with Gasteiger partial charge in [0, 0.05) is 36.4 Å². The Morgan fingerprint density at radius 3 is 2.62 bits per heavy atom. The summed E-state index contributed by atoms with van der Waals surface area (Å²) in [6.45, 7) is 1.20. The molecule has 0 unspecified atom stereocenters. The van der Waals surface area contributed by atoms with Crippen molar-refractivity contribution in [3.05, 3.63) is 29.8 Å². The van der Waals surface area contributed by atoms with E-state index in [4.69, 9.17) is 0 Å². The minimum atomic E-state index is -0.369. The van der Waals surface area contributed by atoms with E-state index in [2.05, 4.69) is 34.9 Å². The van der Waals surface area contributed by atoms with Crippen LogP contribution in [0.5, 0.6) is 0 Å². The Hall–Kier alpha value is -2.02. The number of nitrogens with zero attached hydrogens (tertiary/aromatic N) is 1. The third-order valence-corrected chi connectivity index (χ3v) is 5.89. The zero-order valence-electron chi connectivity index (χ0n) is 15.0. The van der Waals surface area contributed by atoms with E-state index >= 15 is 0 Å². The lowest BCUT2D eigenvalue weighted by Crippen LogP contribution is -2.51. The molecule has 0 aliphatic carbocycles. The molecule has 7 heteroatoms. The van der Waals surface area contributed by atoms with Gasteiger partial charge in [0.1, 0.15) is 0 Å². The summed E-state index contributed by atoms with van der Waals surface area (Å²) >= 11 is 1.70. The molecule has 1 atom stereocenters. The molecule has 0 spiro atoms. The van der Waals surface area contributed by atoms with E-state index in [1.165, 1.54) is 4.90 Å². The van der Waals surface area contributed by atoms with E-state index in [-0.39, 0.29) is 29.8 Å². The number of carbonyl (C=O) groups excluding carboxylic acids is 3. The average molecular weight is 375 g/mol. The van der Waals surface area contributed by atoms with E-state index in [9.17, 15) is 14.4 Å². The predicted molar refractivity (Wildman–Crippen MR) is 101 cm³/mol. The Bertz CT molecular complexity index is 692. The predicted octanol–water partition coefficient (Wildman–Crippen LogP) is 1.34. The van der Waals surface area contributed by atoms with Crippen LogP contribution in [0.1, 0.15) is 31.2 Å². The van der Waals surface area contributed by atoms with Crippen LogP contribution in [0, 0.1) is 0 Å². The molecular formula is C19H25N3O3S. The lowest BCUT2D eigenvalue weighted by Gasteiger charge is -2.31. The van der Waals surface area contributed by atoms with Crippen LogP contribution in [0.3, 0.4) is 0 Å². The van der Waals surface area contributed by atoms with Crippen molar-refractivity contribution < 1.29 is 14.4 Å². The van der Waals surface area contributed by atoms with Crippen molar-refractivity contribution >= 4 is 29.5 Å². The molecule has 2 N–H and O–H groups in total. The molecule has 2 saturated heterocycles. The van der Waals surface area contributed by atoms with E-state index in [0.29, 0.717) is 32.4 Å². The lowest BCUT2D eigenvalue weighted by atomic mass is 9.85. The van der Waals surface area contributed by atoms with Crippen molar-refractivity contribution in [1.82, 2.24) is 15.5 Å². The van der Waals surface area contributed by atoms with Gasteiger partial charge in [0.2, 0.25) is 17.7 Å². The Kier molecular flexibility index (Phi) is 5.86. The average Bonchev–Trinajstić information content (AvgIpc) is 3.01. The Morgan fingerprint density at radius 2 is 2.00 bits per heavy atom. The van der Waals surface area contributed by atoms with Gasteiger partial charge >= 0.3 is 0 Å². The fraction of sp³-hybridized carbons (Fsp3) is 0.526. The number of carbonyl (C=O) groups is 3. The molecule has 1 aromatic rings. The van der Waals surface area contributed by atoms with Crippen LogP contribution in [0.4, 0.5) is 0 Å². The van der Waals surface area contributed by atoms with Gasteiger partial charge in [0.05, 0.1) is 6.54 Å². The van der Waals surface area contributed by atoms with Crippen LogP contribution in [0.25, 0.3) is 0 Å². The Morgan fingerprint density at radius 1 is 1.23 bits per heavy atom. The maximum absolute atomic E-state index is 12.5. The maximum Gasteiger partial charge on any atom is 0.239 e. The second kappa shape index (κ2) is 8.12. The fourth-order valence-electron chi connectivity index (χ4n) is 3.67. The highest BCUT2D eigenvalue weighted by Gasteiger charge is 2.38. The number of amides is 3. The lowest BCUT2D eigenvalue weighted by molar-refractivity contribution is -0.138. The smallest absolute Gasteiger partial charge is 0.239 e. The highest BCUT2D eigenvalue weighted by Crippen LogP contribution is 2.30. The molecule has 26 heavy (non-hydrogen) atoms. The summed E-state index contributed by atoms with van der Waals surface area (Å²) < 4.78 is 0. The normalized spacial score (nSPS) is 22.9. The molecule has 6 nitrogen and oxygen atoms in total. The minimum Gasteiger partial charge on any atom is -0.353 e. The summed E-state index contributed by atoms with van der Waals surface area (Å²) in [6, 6.07) is 8.35. The van der Waals surface area contributed by atoms with Gasteiger partial charge in [0.25, 0.3) is 0 Å². The van der Waals surface area contributed by atoms with Crippen molar-refractivity contribution in [1.29, 1.82) is 0 Å². The second-order valence-corrected chi connectivity index (χ2v) is 7.90. The summed E-state index contributed by atoms with van der Waals surface area (Å²) in [7, 11) is 0. The second-order valence-electron chi connectivity index (χ2n) is 7.02. The van der Waals surface area contributed by atoms with Crippen molar-refractivity contribution in [2.45, 2.75) is 42.5 Å². The molecule has 3 amide bonds. The number of nitrogens with one attached hydrogen (secondary N) is 2. The molecule has 140 valence electrons. The van der Waals surface area contributed by atoms with E-state index in [1.54, 1.807) is 16.7 Å². The molecule has 0 aromatic heterocycles. The largest absolute Gasteiger partial charge is 0.353 e. The Labute approximate surface area is 158 Å². The number of thioether (sulfide) groups is 1. The van der Waals surface area contributed by atoms with Crippen LogP contribution in [-0.4, -0.2) is 54.1 Å². The van der Waals surface area contributed by atoms with Crippen LogP contribution in [-0.2, 0) is 20.8 Å². The van der Waals surface area contributed by atoms with E-state index in [0.717, 1.165) is 18.4 Å². The van der Waals surface area contributed by atoms with Gasteiger partial charge in [-0.05, 0) is 43.2 Å². The van der Waals surface area contributed by atoms with Crippen LogP contribution >= 0.6 is 11.8 Å². The molecule has 2 aliphatic rings. The van der Waals surface area contributed by atoms with Gasteiger partial charge in [0.15, 0.2) is 0 Å². The number of piperazine rings is 1. The number of hydrogen-bond donors (Lipinski definition) is 2. The molecule has 2 fully saturated rings. The van der Waals surface area contributed by atoms with Crippen molar-refractivity contribution in [2.75, 3.05) is 25.9 Å². The standard InChI is InChI=1S/C19H25N3O3S/c1-26-15-4-2-14(3-5-15)12-19(8-6-16(23)21-19)9-7-18(25)22-11-10-20-17(24)13-22/h2-5H,6-13H2,1H3,(H,20,24)(H,21,23)/t19-/m1/s1. The topological polar surface area (TPSA) is 78.5 Å². The van der Waals surface area contributed by atoms with E-state index in [1.807, 2.05) is 6.26 Å². The third-order valence-electron chi connectivity index (χ3n) is 5.15. The molecule has 2 heterocycles. The maximum atomic E-state index is 12.5. The monoisotopic (exact) mass is 375 g/mol. The van der Waals surface area contributed by atoms with Crippen LogP contribution in [0.2, 0.25) is 0 Å². The van der Waals surface area contributed by atoms with Gasteiger partial charge in [-0.25, -0.2) is 0 Å². The molecule has 0 radical (unpaired) electrons.